The van der Waals surface area contributed by atoms with Crippen molar-refractivity contribution in [3.63, 3.8) is 0 Å². The van der Waals surface area contributed by atoms with Gasteiger partial charge in [0.25, 0.3) is 0 Å². The summed E-state index contributed by atoms with van der Waals surface area (Å²) in [6, 6.07) is 13.8. The Morgan fingerprint density at radius 2 is 1.79 bits per heavy atom. The smallest absolute Gasteiger partial charge is 0.344 e. The van der Waals surface area contributed by atoms with E-state index in [4.69, 9.17) is 9.47 Å². The lowest BCUT2D eigenvalue weighted by molar-refractivity contribution is -0.113. The average molecular weight is 398 g/mol. The number of methoxy groups -OCH3 is 2. The van der Waals surface area contributed by atoms with Crippen molar-refractivity contribution in [1.82, 2.24) is 4.98 Å². The van der Waals surface area contributed by atoms with Crippen molar-refractivity contribution in [3.8, 4) is 5.75 Å². The first-order chi connectivity index (χ1) is 13.5. The first-order valence-electron chi connectivity index (χ1n) is 8.33. The zero-order valence-corrected chi connectivity index (χ0v) is 16.1. The molecule has 0 fully saturated rings. The number of hydrogen-bond donors (Lipinski definition) is 2. The normalized spacial score (nSPS) is 10.5. The van der Waals surface area contributed by atoms with Crippen molar-refractivity contribution in [2.45, 2.75) is 5.03 Å². The highest BCUT2D eigenvalue weighted by atomic mass is 32.2. The molecule has 0 saturated heterocycles. The lowest BCUT2D eigenvalue weighted by atomic mass is 10.1. The van der Waals surface area contributed by atoms with Crippen LogP contribution in [0.15, 0.2) is 58.4 Å². The van der Waals surface area contributed by atoms with Crippen molar-refractivity contribution in [3.05, 3.63) is 64.3 Å². The molecule has 0 radical (unpaired) electrons. The van der Waals surface area contributed by atoms with Crippen LogP contribution >= 0.6 is 11.8 Å². The van der Waals surface area contributed by atoms with Crippen molar-refractivity contribution in [2.24, 2.45) is 0 Å². The summed E-state index contributed by atoms with van der Waals surface area (Å²) in [7, 11) is 2.77. The molecule has 0 spiro atoms. The molecule has 0 aliphatic carbocycles. The van der Waals surface area contributed by atoms with Gasteiger partial charge >= 0.3 is 5.97 Å². The van der Waals surface area contributed by atoms with Crippen LogP contribution in [0.25, 0.3) is 10.9 Å². The second-order valence-corrected chi connectivity index (χ2v) is 6.75. The molecule has 0 saturated carbocycles. The molecule has 0 aliphatic heterocycles. The number of thioether (sulfide) groups is 1. The van der Waals surface area contributed by atoms with E-state index in [0.29, 0.717) is 27.4 Å². The Hall–Kier alpha value is -3.26. The third-order valence-electron chi connectivity index (χ3n) is 3.98. The molecule has 0 unspecified atom stereocenters. The summed E-state index contributed by atoms with van der Waals surface area (Å²) in [5.74, 6) is -0.335. The van der Waals surface area contributed by atoms with E-state index in [1.807, 2.05) is 0 Å². The van der Waals surface area contributed by atoms with E-state index in [1.54, 1.807) is 55.6 Å². The van der Waals surface area contributed by atoms with Gasteiger partial charge in [-0.2, -0.15) is 0 Å². The lowest BCUT2D eigenvalue weighted by Crippen LogP contribution is -2.20. The zero-order chi connectivity index (χ0) is 20.1. The van der Waals surface area contributed by atoms with E-state index in [1.165, 1.54) is 7.11 Å². The van der Waals surface area contributed by atoms with Crippen LogP contribution < -0.4 is 15.5 Å². The molecule has 28 heavy (non-hydrogen) atoms. The molecule has 144 valence electrons. The van der Waals surface area contributed by atoms with Crippen molar-refractivity contribution >= 4 is 40.2 Å². The largest absolute Gasteiger partial charge is 0.497 e. The minimum atomic E-state index is -0.745. The zero-order valence-electron chi connectivity index (χ0n) is 15.3. The van der Waals surface area contributed by atoms with Gasteiger partial charge in [0.05, 0.1) is 30.5 Å². The molecule has 3 rings (SSSR count). The van der Waals surface area contributed by atoms with Gasteiger partial charge < -0.3 is 19.8 Å². The standard InChI is InChI=1S/C20H18N2O5S/c1-26-13-9-7-12(8-10-13)21-16(23)11-28-19-17(20(25)27-2)18(24)14-5-3-4-6-15(14)22-19/h3-10H,11H2,1-2H3,(H,21,23)(H,22,24). The molecule has 1 amide bonds. The van der Waals surface area contributed by atoms with Gasteiger partial charge in [-0.3, -0.25) is 9.59 Å². The third-order valence-corrected chi connectivity index (χ3v) is 4.99. The number of ether oxygens (including phenoxy) is 2. The predicted octanol–water partition coefficient (Wildman–Crippen LogP) is 3.05. The van der Waals surface area contributed by atoms with Crippen LogP contribution in [-0.2, 0) is 9.53 Å². The third kappa shape index (κ3) is 4.17. The molecule has 1 aromatic heterocycles. The summed E-state index contributed by atoms with van der Waals surface area (Å²) >= 11 is 1.06. The van der Waals surface area contributed by atoms with Crippen molar-refractivity contribution < 1.29 is 19.1 Å². The molecule has 2 N–H and O–H groups in total. The number of esters is 1. The Labute approximate surface area is 165 Å². The van der Waals surface area contributed by atoms with E-state index in [9.17, 15) is 14.4 Å². The summed E-state index contributed by atoms with van der Waals surface area (Å²) in [5.41, 5.74) is 0.660. The van der Waals surface area contributed by atoms with E-state index < -0.39 is 11.4 Å². The first-order valence-corrected chi connectivity index (χ1v) is 9.32. The number of pyridine rings is 1. The van der Waals surface area contributed by atoms with E-state index in [0.717, 1.165) is 11.8 Å². The number of rotatable bonds is 6. The van der Waals surface area contributed by atoms with Crippen LogP contribution in [0.5, 0.6) is 5.75 Å². The molecule has 2 aromatic carbocycles. The molecule has 0 atom stereocenters. The molecule has 3 aromatic rings. The molecule has 0 aliphatic rings. The number of anilines is 1. The van der Waals surface area contributed by atoms with Gasteiger partial charge in [-0.15, -0.1) is 0 Å². The number of nitrogens with one attached hydrogen (secondary N) is 2. The van der Waals surface area contributed by atoms with Gasteiger partial charge in [-0.25, -0.2) is 4.79 Å². The Morgan fingerprint density at radius 3 is 2.46 bits per heavy atom. The van der Waals surface area contributed by atoms with Gasteiger partial charge in [-0.05, 0) is 36.4 Å². The maximum Gasteiger partial charge on any atom is 0.344 e. The summed E-state index contributed by atoms with van der Waals surface area (Å²) in [5, 5.41) is 3.43. The Kier molecular flexibility index (Phi) is 6.00. The number of amides is 1. The van der Waals surface area contributed by atoms with Crippen LogP contribution in [0.1, 0.15) is 10.4 Å². The number of aromatic nitrogens is 1. The van der Waals surface area contributed by atoms with E-state index in [-0.39, 0.29) is 17.2 Å². The van der Waals surface area contributed by atoms with Crippen molar-refractivity contribution in [2.75, 3.05) is 25.3 Å². The molecule has 1 heterocycles. The van der Waals surface area contributed by atoms with Gasteiger partial charge in [0.2, 0.25) is 11.3 Å². The van der Waals surface area contributed by atoms with Gasteiger partial charge in [-0.1, -0.05) is 23.9 Å². The van der Waals surface area contributed by atoms with Crippen LogP contribution in [0.2, 0.25) is 0 Å². The van der Waals surface area contributed by atoms with Crippen molar-refractivity contribution in [1.29, 1.82) is 0 Å². The monoisotopic (exact) mass is 398 g/mol. The van der Waals surface area contributed by atoms with Gasteiger partial charge in [0.1, 0.15) is 11.3 Å². The topological polar surface area (TPSA) is 97.5 Å². The fourth-order valence-electron chi connectivity index (χ4n) is 2.62. The number of carbonyl (C=O) groups excluding carboxylic acids is 2. The average Bonchev–Trinajstić information content (AvgIpc) is 2.72. The second-order valence-electron chi connectivity index (χ2n) is 5.76. The van der Waals surface area contributed by atoms with Crippen LogP contribution in [-0.4, -0.2) is 36.8 Å². The maximum atomic E-state index is 12.7. The Bertz CT molecular complexity index is 1080. The Morgan fingerprint density at radius 1 is 1.07 bits per heavy atom. The van der Waals surface area contributed by atoms with E-state index >= 15 is 0 Å². The molecule has 0 bridgehead atoms. The summed E-state index contributed by atoms with van der Waals surface area (Å²) in [6.45, 7) is 0. The molecular weight excluding hydrogens is 380 g/mol. The van der Waals surface area contributed by atoms with E-state index in [2.05, 4.69) is 10.3 Å². The summed E-state index contributed by atoms with van der Waals surface area (Å²) < 4.78 is 9.82. The van der Waals surface area contributed by atoms with Gasteiger partial charge in [0.15, 0.2) is 0 Å². The SMILES string of the molecule is COC(=O)c1c(SCC(=O)Nc2ccc(OC)cc2)[nH]c2ccccc2c1=O. The molecule has 8 heteroatoms. The fraction of sp³-hybridized carbons (Fsp3) is 0.150. The highest BCUT2D eigenvalue weighted by Gasteiger charge is 2.20. The summed E-state index contributed by atoms with van der Waals surface area (Å²) in [4.78, 5) is 40.1. The number of para-hydroxylation sites is 1. The highest BCUT2D eigenvalue weighted by molar-refractivity contribution is 8.00. The molecule has 7 nitrogen and oxygen atoms in total. The molecular formula is C20H18N2O5S. The van der Waals surface area contributed by atoms with Gasteiger partial charge in [0, 0.05) is 11.1 Å². The van der Waals surface area contributed by atoms with Crippen LogP contribution in [0.4, 0.5) is 5.69 Å². The predicted molar refractivity (Wildman–Crippen MR) is 108 cm³/mol. The number of H-pyrrole nitrogens is 1. The minimum Gasteiger partial charge on any atom is -0.497 e. The second kappa shape index (κ2) is 8.62. The first kappa shape index (κ1) is 19.5. The summed E-state index contributed by atoms with van der Waals surface area (Å²) in [6.07, 6.45) is 0. The fourth-order valence-corrected chi connectivity index (χ4v) is 3.47. The maximum absolute atomic E-state index is 12.7. The number of hydrogen-bond acceptors (Lipinski definition) is 6. The lowest BCUT2D eigenvalue weighted by Gasteiger charge is -2.10. The quantitative estimate of drug-likeness (QED) is 0.489. The minimum absolute atomic E-state index is 0.00427. The number of benzene rings is 2. The highest BCUT2D eigenvalue weighted by Crippen LogP contribution is 2.23. The van der Waals surface area contributed by atoms with Crippen LogP contribution in [0, 0.1) is 0 Å². The Balaban J connectivity index is 1.81. The van der Waals surface area contributed by atoms with Crippen LogP contribution in [0.3, 0.4) is 0 Å². The number of carbonyl (C=O) groups is 2. The number of aromatic amines is 1. The number of fused-ring (bicyclic) bond motifs is 1.